The molecule has 1 aromatic carbocycles. The second-order valence-corrected chi connectivity index (χ2v) is 5.68. The third-order valence-electron chi connectivity index (χ3n) is 4.39. The summed E-state index contributed by atoms with van der Waals surface area (Å²) in [6.07, 6.45) is 1.30. The first-order valence-corrected chi connectivity index (χ1v) is 7.23. The van der Waals surface area contributed by atoms with Crippen LogP contribution in [0.3, 0.4) is 0 Å². The monoisotopic (exact) mass is 285 g/mol. The maximum Gasteiger partial charge on any atom is 0.352 e. The Hall–Kier alpha value is -2.07. The van der Waals surface area contributed by atoms with E-state index in [1.165, 1.54) is 0 Å². The maximum atomic E-state index is 11.4. The molecular weight excluding hydrogens is 266 g/mol. The molecule has 21 heavy (non-hydrogen) atoms. The number of aromatic carboxylic acids is 1. The maximum absolute atomic E-state index is 11.4. The molecule has 0 spiro atoms. The van der Waals surface area contributed by atoms with Crippen LogP contribution in [0.15, 0.2) is 30.3 Å². The van der Waals surface area contributed by atoms with Crippen molar-refractivity contribution in [1.82, 2.24) is 4.57 Å². The number of benzene rings is 1. The van der Waals surface area contributed by atoms with Gasteiger partial charge in [-0.25, -0.2) is 4.79 Å². The van der Waals surface area contributed by atoms with Crippen LogP contribution in [-0.2, 0) is 18.6 Å². The second kappa shape index (κ2) is 4.74. The third kappa shape index (κ3) is 1.98. The molecule has 4 heteroatoms. The van der Waals surface area contributed by atoms with Gasteiger partial charge >= 0.3 is 5.97 Å². The first kappa shape index (κ1) is 13.9. The number of carbonyl (C=O) groups is 1. The predicted octanol–water partition coefficient (Wildman–Crippen LogP) is 2.70. The SMILES string of the molecule is CCn1c(C(=O)O)cc2c1C(O)(c1ccc(C)cc1)CC2. The lowest BCUT2D eigenvalue weighted by Gasteiger charge is -2.26. The first-order valence-electron chi connectivity index (χ1n) is 7.23. The summed E-state index contributed by atoms with van der Waals surface area (Å²) in [6, 6.07) is 9.51. The van der Waals surface area contributed by atoms with Crippen LogP contribution in [0.25, 0.3) is 0 Å². The largest absolute Gasteiger partial charge is 0.477 e. The molecule has 0 fully saturated rings. The smallest absolute Gasteiger partial charge is 0.352 e. The zero-order valence-electron chi connectivity index (χ0n) is 12.3. The lowest BCUT2D eigenvalue weighted by atomic mass is 9.90. The minimum absolute atomic E-state index is 0.257. The van der Waals surface area contributed by atoms with Crippen LogP contribution < -0.4 is 0 Å². The van der Waals surface area contributed by atoms with Crippen molar-refractivity contribution < 1.29 is 15.0 Å². The number of carboxylic acid groups (broad SMARTS) is 1. The van der Waals surface area contributed by atoms with Crippen molar-refractivity contribution >= 4 is 5.97 Å². The fourth-order valence-corrected chi connectivity index (χ4v) is 3.33. The molecule has 0 bridgehead atoms. The van der Waals surface area contributed by atoms with Gasteiger partial charge in [-0.3, -0.25) is 0 Å². The van der Waals surface area contributed by atoms with Crippen molar-refractivity contribution in [3.05, 3.63) is 58.4 Å². The molecule has 1 aliphatic rings. The number of rotatable bonds is 3. The van der Waals surface area contributed by atoms with E-state index >= 15 is 0 Å². The highest BCUT2D eigenvalue weighted by molar-refractivity contribution is 5.86. The van der Waals surface area contributed by atoms with E-state index in [1.807, 2.05) is 38.1 Å². The van der Waals surface area contributed by atoms with Gasteiger partial charge in [0, 0.05) is 6.54 Å². The normalized spacial score (nSPS) is 20.5. The fraction of sp³-hybridized carbons (Fsp3) is 0.353. The van der Waals surface area contributed by atoms with Gasteiger partial charge in [-0.15, -0.1) is 0 Å². The van der Waals surface area contributed by atoms with E-state index in [0.29, 0.717) is 19.4 Å². The summed E-state index contributed by atoms with van der Waals surface area (Å²) in [5.74, 6) is -0.947. The summed E-state index contributed by atoms with van der Waals surface area (Å²) >= 11 is 0. The highest BCUT2D eigenvalue weighted by atomic mass is 16.4. The van der Waals surface area contributed by atoms with Crippen molar-refractivity contribution in [3.63, 3.8) is 0 Å². The van der Waals surface area contributed by atoms with Crippen LogP contribution in [0.4, 0.5) is 0 Å². The Kier molecular flexibility index (Phi) is 3.14. The van der Waals surface area contributed by atoms with E-state index in [-0.39, 0.29) is 5.69 Å². The lowest BCUT2D eigenvalue weighted by Crippen LogP contribution is -2.28. The van der Waals surface area contributed by atoms with Crippen molar-refractivity contribution in [2.45, 2.75) is 38.8 Å². The van der Waals surface area contributed by atoms with Gasteiger partial charge in [0.05, 0.1) is 5.69 Å². The molecule has 1 atom stereocenters. The Balaban J connectivity index is 2.18. The Labute approximate surface area is 123 Å². The molecule has 2 N–H and O–H groups in total. The predicted molar refractivity (Wildman–Crippen MR) is 79.6 cm³/mol. The number of aryl methyl sites for hydroxylation is 2. The van der Waals surface area contributed by atoms with Crippen LogP contribution in [-0.4, -0.2) is 20.7 Å². The van der Waals surface area contributed by atoms with Gasteiger partial charge in [-0.05, 0) is 43.9 Å². The first-order chi connectivity index (χ1) is 9.97. The van der Waals surface area contributed by atoms with Crippen molar-refractivity contribution in [2.24, 2.45) is 0 Å². The Morgan fingerprint density at radius 3 is 2.57 bits per heavy atom. The standard InChI is InChI=1S/C17H19NO3/c1-3-18-14(16(19)20)10-12-8-9-17(21,15(12)18)13-6-4-11(2)5-7-13/h4-7,10,21H,3,8-9H2,1-2H3,(H,19,20). The summed E-state index contributed by atoms with van der Waals surface area (Å²) in [5, 5.41) is 20.5. The topological polar surface area (TPSA) is 62.5 Å². The molecule has 0 radical (unpaired) electrons. The quantitative estimate of drug-likeness (QED) is 0.911. The fourth-order valence-electron chi connectivity index (χ4n) is 3.33. The summed E-state index contributed by atoms with van der Waals surface area (Å²) in [5.41, 5.74) is 2.82. The molecule has 0 saturated heterocycles. The number of hydrogen-bond donors (Lipinski definition) is 2. The van der Waals surface area contributed by atoms with Crippen molar-refractivity contribution in [1.29, 1.82) is 0 Å². The van der Waals surface area contributed by atoms with E-state index < -0.39 is 11.6 Å². The number of fused-ring (bicyclic) bond motifs is 1. The molecule has 0 amide bonds. The van der Waals surface area contributed by atoms with Crippen LogP contribution in [0, 0.1) is 6.92 Å². The van der Waals surface area contributed by atoms with E-state index in [0.717, 1.165) is 22.4 Å². The molecule has 1 heterocycles. The van der Waals surface area contributed by atoms with Crippen LogP contribution in [0.1, 0.15) is 46.2 Å². The van der Waals surface area contributed by atoms with Gasteiger partial charge in [0.15, 0.2) is 0 Å². The summed E-state index contributed by atoms with van der Waals surface area (Å²) in [4.78, 5) is 11.4. The molecule has 1 unspecified atom stereocenters. The summed E-state index contributed by atoms with van der Waals surface area (Å²) < 4.78 is 1.73. The third-order valence-corrected chi connectivity index (χ3v) is 4.39. The molecule has 110 valence electrons. The minimum Gasteiger partial charge on any atom is -0.477 e. The molecular formula is C17H19NO3. The molecule has 1 aromatic heterocycles. The average molecular weight is 285 g/mol. The molecule has 2 aromatic rings. The van der Waals surface area contributed by atoms with Gasteiger partial charge in [0.2, 0.25) is 0 Å². The van der Waals surface area contributed by atoms with Crippen molar-refractivity contribution in [3.8, 4) is 0 Å². The molecule has 0 saturated carbocycles. The van der Waals surface area contributed by atoms with Gasteiger partial charge in [0.1, 0.15) is 11.3 Å². The minimum atomic E-state index is -1.09. The van der Waals surface area contributed by atoms with E-state index in [1.54, 1.807) is 10.6 Å². The van der Waals surface area contributed by atoms with E-state index in [2.05, 4.69) is 0 Å². The summed E-state index contributed by atoms with van der Waals surface area (Å²) in [6.45, 7) is 4.44. The molecule has 3 rings (SSSR count). The highest BCUT2D eigenvalue weighted by Crippen LogP contribution is 2.43. The van der Waals surface area contributed by atoms with Gasteiger partial charge in [0.25, 0.3) is 0 Å². The highest BCUT2D eigenvalue weighted by Gasteiger charge is 2.42. The van der Waals surface area contributed by atoms with Crippen molar-refractivity contribution in [2.75, 3.05) is 0 Å². The van der Waals surface area contributed by atoms with Gasteiger partial charge < -0.3 is 14.8 Å². The number of nitrogens with zero attached hydrogens (tertiary/aromatic N) is 1. The molecule has 1 aliphatic carbocycles. The average Bonchev–Trinajstić information content (AvgIpc) is 2.98. The van der Waals surface area contributed by atoms with Crippen LogP contribution in [0.5, 0.6) is 0 Å². The van der Waals surface area contributed by atoms with Gasteiger partial charge in [-0.1, -0.05) is 29.8 Å². The Morgan fingerprint density at radius 2 is 2.00 bits per heavy atom. The Morgan fingerprint density at radius 1 is 1.33 bits per heavy atom. The van der Waals surface area contributed by atoms with Crippen LogP contribution in [0.2, 0.25) is 0 Å². The number of carboxylic acids is 1. The van der Waals surface area contributed by atoms with Gasteiger partial charge in [-0.2, -0.15) is 0 Å². The number of aliphatic hydroxyl groups is 1. The number of aromatic nitrogens is 1. The number of hydrogen-bond acceptors (Lipinski definition) is 2. The lowest BCUT2D eigenvalue weighted by molar-refractivity contribution is 0.0660. The zero-order chi connectivity index (χ0) is 15.2. The van der Waals surface area contributed by atoms with E-state index in [4.69, 9.17) is 0 Å². The van der Waals surface area contributed by atoms with Crippen LogP contribution >= 0.6 is 0 Å². The molecule has 0 aliphatic heterocycles. The zero-order valence-corrected chi connectivity index (χ0v) is 12.3. The van der Waals surface area contributed by atoms with E-state index in [9.17, 15) is 15.0 Å². The summed E-state index contributed by atoms with van der Waals surface area (Å²) in [7, 11) is 0. The molecule has 4 nitrogen and oxygen atoms in total. The Bertz CT molecular complexity index is 700. The second-order valence-electron chi connectivity index (χ2n) is 5.68.